The van der Waals surface area contributed by atoms with E-state index in [0.29, 0.717) is 5.41 Å². The highest BCUT2D eigenvalue weighted by Gasteiger charge is 2.30. The molecule has 2 aliphatic carbocycles. The van der Waals surface area contributed by atoms with Crippen molar-refractivity contribution in [3.63, 3.8) is 0 Å². The number of hydrogen-bond acceptors (Lipinski definition) is 2. The number of nitrogens with zero attached hydrogens (tertiary/aromatic N) is 1. The van der Waals surface area contributed by atoms with Gasteiger partial charge in [-0.25, -0.2) is 0 Å². The largest absolute Gasteiger partial charge is 0.372 e. The highest BCUT2D eigenvalue weighted by atomic mass is 15.2. The fourth-order valence-electron chi connectivity index (χ4n) is 4.83. The second-order valence-corrected chi connectivity index (χ2v) is 11.0. The lowest BCUT2D eigenvalue weighted by Crippen LogP contribution is -2.29. The Morgan fingerprint density at radius 1 is 0.903 bits per heavy atom. The molecular formula is C29H52N2. The smallest absolute Gasteiger partial charge is 0.0936 e. The maximum absolute atomic E-state index is 4.46. The average molecular weight is 429 g/mol. The highest BCUT2D eigenvalue weighted by Crippen LogP contribution is 2.44. The SMILES string of the molecule is C=C(C)CCNC(=C)N(C)CCC(=C)CCC(CC)(CCCC1CC1)CCCC1CC1. The summed E-state index contributed by atoms with van der Waals surface area (Å²) >= 11 is 0. The monoisotopic (exact) mass is 428 g/mol. The van der Waals surface area contributed by atoms with Crippen molar-refractivity contribution < 1.29 is 0 Å². The van der Waals surface area contributed by atoms with Crippen LogP contribution in [0.25, 0.3) is 0 Å². The lowest BCUT2D eigenvalue weighted by atomic mass is 9.72. The summed E-state index contributed by atoms with van der Waals surface area (Å²) in [4.78, 5) is 2.24. The third-order valence-corrected chi connectivity index (χ3v) is 7.93. The summed E-state index contributed by atoms with van der Waals surface area (Å²) in [5, 5.41) is 3.42. The molecule has 0 unspecified atom stereocenters. The van der Waals surface area contributed by atoms with Crippen LogP contribution in [0.5, 0.6) is 0 Å². The van der Waals surface area contributed by atoms with Gasteiger partial charge in [-0.3, -0.25) is 0 Å². The molecule has 0 radical (unpaired) electrons. The van der Waals surface area contributed by atoms with Crippen LogP contribution in [0, 0.1) is 17.3 Å². The molecule has 2 aliphatic rings. The standard InChI is InChI=1S/C29H52N2/c1-7-29(19-8-10-27-12-13-27,20-9-11-28-14-15-28)21-16-25(4)18-23-31(6)26(5)30-22-17-24(2)3/h27-28,30H,2,4-5,7-23H2,1,3,6H3. The first kappa shape index (κ1) is 26.1. The lowest BCUT2D eigenvalue weighted by Gasteiger charge is -2.34. The Kier molecular flexibility index (Phi) is 11.3. The van der Waals surface area contributed by atoms with E-state index < -0.39 is 0 Å². The summed E-state index contributed by atoms with van der Waals surface area (Å²) in [5.74, 6) is 3.16. The van der Waals surface area contributed by atoms with E-state index in [4.69, 9.17) is 0 Å². The van der Waals surface area contributed by atoms with Crippen molar-refractivity contribution in [1.82, 2.24) is 10.2 Å². The molecule has 2 fully saturated rings. The van der Waals surface area contributed by atoms with Crippen LogP contribution in [-0.4, -0.2) is 25.0 Å². The van der Waals surface area contributed by atoms with E-state index in [1.807, 2.05) is 0 Å². The van der Waals surface area contributed by atoms with E-state index in [2.05, 4.69) is 50.8 Å². The van der Waals surface area contributed by atoms with Crippen molar-refractivity contribution in [2.45, 2.75) is 110 Å². The zero-order chi connectivity index (χ0) is 22.7. The van der Waals surface area contributed by atoms with E-state index in [1.54, 1.807) is 0 Å². The van der Waals surface area contributed by atoms with Crippen molar-refractivity contribution in [2.75, 3.05) is 20.1 Å². The Morgan fingerprint density at radius 3 is 1.97 bits per heavy atom. The van der Waals surface area contributed by atoms with Gasteiger partial charge >= 0.3 is 0 Å². The first-order chi connectivity index (χ1) is 14.8. The summed E-state index contributed by atoms with van der Waals surface area (Å²) in [6.45, 7) is 19.1. The van der Waals surface area contributed by atoms with Crippen LogP contribution in [0.2, 0.25) is 0 Å². The number of nitrogens with one attached hydrogen (secondary N) is 1. The molecule has 31 heavy (non-hydrogen) atoms. The van der Waals surface area contributed by atoms with Crippen LogP contribution >= 0.6 is 0 Å². The molecule has 2 saturated carbocycles. The van der Waals surface area contributed by atoms with E-state index >= 15 is 0 Å². The van der Waals surface area contributed by atoms with Crippen LogP contribution in [0.15, 0.2) is 36.7 Å². The molecule has 0 aliphatic heterocycles. The van der Waals surface area contributed by atoms with Gasteiger partial charge in [0.05, 0.1) is 5.82 Å². The fourth-order valence-corrected chi connectivity index (χ4v) is 4.83. The first-order valence-corrected chi connectivity index (χ1v) is 13.3. The van der Waals surface area contributed by atoms with Gasteiger partial charge in [0.1, 0.15) is 0 Å². The minimum absolute atomic E-state index is 0.562. The quantitative estimate of drug-likeness (QED) is 0.196. The van der Waals surface area contributed by atoms with E-state index in [1.165, 1.54) is 94.6 Å². The van der Waals surface area contributed by atoms with E-state index in [0.717, 1.165) is 43.6 Å². The van der Waals surface area contributed by atoms with Crippen LogP contribution in [-0.2, 0) is 0 Å². The molecule has 0 saturated heterocycles. The van der Waals surface area contributed by atoms with Crippen LogP contribution < -0.4 is 5.32 Å². The summed E-state index contributed by atoms with van der Waals surface area (Å²) in [6.07, 6.45) is 20.7. The van der Waals surface area contributed by atoms with Crippen LogP contribution in [0.3, 0.4) is 0 Å². The molecule has 0 spiro atoms. The lowest BCUT2D eigenvalue weighted by molar-refractivity contribution is 0.191. The zero-order valence-corrected chi connectivity index (χ0v) is 21.2. The van der Waals surface area contributed by atoms with Crippen LogP contribution in [0.1, 0.15) is 110 Å². The molecule has 0 aromatic carbocycles. The molecule has 0 atom stereocenters. The maximum atomic E-state index is 4.46. The topological polar surface area (TPSA) is 15.3 Å². The van der Waals surface area contributed by atoms with Gasteiger partial charge in [0.15, 0.2) is 0 Å². The molecule has 0 aromatic heterocycles. The van der Waals surface area contributed by atoms with Gasteiger partial charge in [0.25, 0.3) is 0 Å². The van der Waals surface area contributed by atoms with Gasteiger partial charge in [0, 0.05) is 20.1 Å². The predicted octanol–water partition coefficient (Wildman–Crippen LogP) is 8.23. The molecule has 2 heteroatoms. The average Bonchev–Trinajstić information content (AvgIpc) is 3.65. The van der Waals surface area contributed by atoms with Gasteiger partial charge in [-0.05, 0) is 62.7 Å². The molecule has 0 amide bonds. The summed E-state index contributed by atoms with van der Waals surface area (Å²) in [7, 11) is 2.13. The number of rotatable bonds is 20. The summed E-state index contributed by atoms with van der Waals surface area (Å²) in [5.41, 5.74) is 3.19. The minimum Gasteiger partial charge on any atom is -0.372 e. The Balaban J connectivity index is 1.71. The van der Waals surface area contributed by atoms with Gasteiger partial charge in [-0.15, -0.1) is 6.58 Å². The molecule has 0 bridgehead atoms. The fraction of sp³-hybridized carbons (Fsp3) is 0.793. The Morgan fingerprint density at radius 2 is 1.48 bits per heavy atom. The predicted molar refractivity (Wildman–Crippen MR) is 138 cm³/mol. The van der Waals surface area contributed by atoms with E-state index in [9.17, 15) is 0 Å². The van der Waals surface area contributed by atoms with Gasteiger partial charge < -0.3 is 10.2 Å². The Hall–Kier alpha value is -1.18. The van der Waals surface area contributed by atoms with Gasteiger partial charge in [-0.1, -0.05) is 89.0 Å². The van der Waals surface area contributed by atoms with Crippen molar-refractivity contribution in [3.8, 4) is 0 Å². The molecule has 1 N–H and O–H groups in total. The first-order valence-electron chi connectivity index (χ1n) is 13.3. The Labute approximate surface area is 194 Å². The third kappa shape index (κ3) is 11.3. The normalized spacial score (nSPS) is 16.2. The van der Waals surface area contributed by atoms with Gasteiger partial charge in [0.2, 0.25) is 0 Å². The summed E-state index contributed by atoms with van der Waals surface area (Å²) < 4.78 is 0. The van der Waals surface area contributed by atoms with Crippen LogP contribution in [0.4, 0.5) is 0 Å². The van der Waals surface area contributed by atoms with Gasteiger partial charge in [-0.2, -0.15) is 0 Å². The second kappa shape index (κ2) is 13.4. The van der Waals surface area contributed by atoms with E-state index in [-0.39, 0.29) is 0 Å². The Bertz CT molecular complexity index is 549. The molecule has 0 heterocycles. The maximum Gasteiger partial charge on any atom is 0.0936 e. The van der Waals surface area contributed by atoms with Crippen molar-refractivity contribution in [3.05, 3.63) is 36.7 Å². The third-order valence-electron chi connectivity index (χ3n) is 7.93. The highest BCUT2D eigenvalue weighted by molar-refractivity contribution is 5.00. The summed E-state index contributed by atoms with van der Waals surface area (Å²) in [6, 6.07) is 0. The van der Waals surface area contributed by atoms with Crippen molar-refractivity contribution in [1.29, 1.82) is 0 Å². The minimum atomic E-state index is 0.562. The zero-order valence-electron chi connectivity index (χ0n) is 21.2. The van der Waals surface area contributed by atoms with Crippen molar-refractivity contribution in [2.24, 2.45) is 17.3 Å². The molecule has 178 valence electrons. The van der Waals surface area contributed by atoms with Crippen molar-refractivity contribution >= 4 is 0 Å². The molecule has 2 nitrogen and oxygen atoms in total. The molecule has 2 rings (SSSR count). The second-order valence-electron chi connectivity index (χ2n) is 11.0. The molecular weight excluding hydrogens is 376 g/mol. The molecule has 0 aromatic rings. The number of hydrogen-bond donors (Lipinski definition) is 1.